The van der Waals surface area contributed by atoms with Crippen LogP contribution in [0.4, 0.5) is 0 Å². The Morgan fingerprint density at radius 2 is 1.83 bits per heavy atom. The number of nitrogens with one attached hydrogen (secondary N) is 1. The van der Waals surface area contributed by atoms with Gasteiger partial charge in [0.15, 0.2) is 5.76 Å². The summed E-state index contributed by atoms with van der Waals surface area (Å²) in [6.07, 6.45) is 9.02. The van der Waals surface area contributed by atoms with Crippen molar-refractivity contribution in [2.45, 2.75) is 44.9 Å². The van der Waals surface area contributed by atoms with E-state index in [2.05, 4.69) is 5.32 Å². The van der Waals surface area contributed by atoms with Gasteiger partial charge in [-0.25, -0.2) is 8.42 Å². The Balaban J connectivity index is 1.35. The van der Waals surface area contributed by atoms with E-state index >= 15 is 0 Å². The third-order valence-electron chi connectivity index (χ3n) is 5.84. The molecule has 8 nitrogen and oxygen atoms in total. The van der Waals surface area contributed by atoms with Crippen molar-refractivity contribution in [1.82, 2.24) is 14.5 Å². The largest absolute Gasteiger partial charge is 0.459 e. The summed E-state index contributed by atoms with van der Waals surface area (Å²) in [4.78, 5) is 25.9. The molecule has 2 amide bonds. The van der Waals surface area contributed by atoms with Crippen molar-refractivity contribution >= 4 is 21.8 Å². The van der Waals surface area contributed by atoms with Crippen LogP contribution in [0, 0.1) is 5.92 Å². The molecule has 1 aliphatic heterocycles. The van der Waals surface area contributed by atoms with Crippen LogP contribution in [0.5, 0.6) is 0 Å². The number of hydrogen-bond donors (Lipinski definition) is 1. The van der Waals surface area contributed by atoms with Gasteiger partial charge in [0.05, 0.1) is 12.0 Å². The fourth-order valence-corrected chi connectivity index (χ4v) is 5.41. The molecule has 2 heterocycles. The zero-order chi connectivity index (χ0) is 20.7. The van der Waals surface area contributed by atoms with Gasteiger partial charge in [-0.2, -0.15) is 4.31 Å². The summed E-state index contributed by atoms with van der Waals surface area (Å²) in [5, 5.41) is 2.74. The van der Waals surface area contributed by atoms with Gasteiger partial charge in [-0.3, -0.25) is 9.59 Å². The van der Waals surface area contributed by atoms with Crippen LogP contribution in [0.3, 0.4) is 0 Å². The first kappa shape index (κ1) is 21.8. The van der Waals surface area contributed by atoms with Crippen molar-refractivity contribution in [1.29, 1.82) is 0 Å². The van der Waals surface area contributed by atoms with Crippen LogP contribution in [0.15, 0.2) is 22.8 Å². The predicted molar refractivity (Wildman–Crippen MR) is 109 cm³/mol. The summed E-state index contributed by atoms with van der Waals surface area (Å²) < 4.78 is 31.6. The monoisotopic (exact) mass is 425 g/mol. The number of rotatable bonds is 8. The van der Waals surface area contributed by atoms with E-state index in [1.165, 1.54) is 42.7 Å². The average molecular weight is 426 g/mol. The van der Waals surface area contributed by atoms with E-state index in [1.54, 1.807) is 17.0 Å². The zero-order valence-corrected chi connectivity index (χ0v) is 17.7. The van der Waals surface area contributed by atoms with Crippen molar-refractivity contribution in [2.75, 3.05) is 38.5 Å². The Kier molecular flexibility index (Phi) is 7.71. The Morgan fingerprint density at radius 3 is 2.48 bits per heavy atom. The second-order valence-corrected chi connectivity index (χ2v) is 9.97. The molecule has 1 saturated heterocycles. The van der Waals surface area contributed by atoms with Gasteiger partial charge in [-0.05, 0) is 24.5 Å². The average Bonchev–Trinajstić information content (AvgIpc) is 3.27. The number of carbonyl (C=O) groups is 2. The highest BCUT2D eigenvalue weighted by Crippen LogP contribution is 2.27. The molecule has 0 radical (unpaired) electrons. The van der Waals surface area contributed by atoms with Gasteiger partial charge >= 0.3 is 0 Å². The topological polar surface area (TPSA) is 99.9 Å². The number of carbonyl (C=O) groups excluding carboxylic acids is 2. The van der Waals surface area contributed by atoms with Crippen LogP contribution < -0.4 is 5.32 Å². The molecule has 1 saturated carbocycles. The Morgan fingerprint density at radius 1 is 1.10 bits per heavy atom. The molecule has 0 spiro atoms. The third kappa shape index (κ3) is 6.30. The predicted octanol–water partition coefficient (Wildman–Crippen LogP) is 1.84. The quantitative estimate of drug-likeness (QED) is 0.685. The number of piperazine rings is 1. The lowest BCUT2D eigenvalue weighted by molar-refractivity contribution is -0.121. The summed E-state index contributed by atoms with van der Waals surface area (Å²) in [6.45, 7) is 1.28. The van der Waals surface area contributed by atoms with Crippen molar-refractivity contribution < 1.29 is 22.4 Å². The van der Waals surface area contributed by atoms with Gasteiger partial charge in [0.2, 0.25) is 15.9 Å². The second-order valence-electron chi connectivity index (χ2n) is 7.88. The first-order valence-electron chi connectivity index (χ1n) is 10.5. The summed E-state index contributed by atoms with van der Waals surface area (Å²) in [7, 11) is -3.46. The molecule has 1 aromatic heterocycles. The van der Waals surface area contributed by atoms with Gasteiger partial charge in [-0.1, -0.05) is 32.1 Å². The molecule has 0 atom stereocenters. The van der Waals surface area contributed by atoms with E-state index in [0.717, 1.165) is 6.42 Å². The molecule has 1 aromatic rings. The molecule has 0 aromatic carbocycles. The molecule has 1 aliphatic carbocycles. The molecular formula is C20H31N3O5S. The lowest BCUT2D eigenvalue weighted by Gasteiger charge is -2.33. The normalized spacial score (nSPS) is 19.2. The summed E-state index contributed by atoms with van der Waals surface area (Å²) >= 11 is 0. The van der Waals surface area contributed by atoms with E-state index in [4.69, 9.17) is 4.42 Å². The Bertz CT molecular complexity index is 764. The highest BCUT2D eigenvalue weighted by atomic mass is 32.2. The van der Waals surface area contributed by atoms with Crippen LogP contribution >= 0.6 is 0 Å². The highest BCUT2D eigenvalue weighted by Gasteiger charge is 2.29. The molecule has 9 heteroatoms. The van der Waals surface area contributed by atoms with Gasteiger partial charge in [0.25, 0.3) is 5.91 Å². The first-order valence-corrected chi connectivity index (χ1v) is 12.1. The van der Waals surface area contributed by atoms with E-state index in [9.17, 15) is 18.0 Å². The van der Waals surface area contributed by atoms with E-state index in [1.807, 2.05) is 0 Å². The minimum Gasteiger partial charge on any atom is -0.459 e. The zero-order valence-electron chi connectivity index (χ0n) is 16.8. The maximum Gasteiger partial charge on any atom is 0.289 e. The molecule has 0 bridgehead atoms. The number of nitrogens with zero attached hydrogens (tertiary/aromatic N) is 2. The molecule has 3 rings (SSSR count). The maximum absolute atomic E-state index is 12.5. The van der Waals surface area contributed by atoms with E-state index in [0.29, 0.717) is 25.4 Å². The summed E-state index contributed by atoms with van der Waals surface area (Å²) in [5.41, 5.74) is 0. The summed E-state index contributed by atoms with van der Waals surface area (Å²) in [5.74, 6) is 0.487. The molecular weight excluding hydrogens is 394 g/mol. The van der Waals surface area contributed by atoms with E-state index < -0.39 is 10.0 Å². The van der Waals surface area contributed by atoms with E-state index in [-0.39, 0.29) is 43.0 Å². The van der Waals surface area contributed by atoms with Crippen molar-refractivity contribution in [2.24, 2.45) is 5.92 Å². The van der Waals surface area contributed by atoms with Crippen molar-refractivity contribution in [3.63, 3.8) is 0 Å². The fraction of sp³-hybridized carbons (Fsp3) is 0.700. The first-order chi connectivity index (χ1) is 14.0. The number of hydrogen-bond acceptors (Lipinski definition) is 5. The minimum absolute atomic E-state index is 0.0698. The van der Waals surface area contributed by atoms with Crippen LogP contribution in [0.1, 0.15) is 55.5 Å². The lowest BCUT2D eigenvalue weighted by atomic mass is 9.86. The lowest BCUT2D eigenvalue weighted by Crippen LogP contribution is -2.51. The molecule has 29 heavy (non-hydrogen) atoms. The SMILES string of the molecule is O=C(CCC1CCCCC1)NCCS(=O)(=O)N1CCN(C(=O)c2ccco2)CC1. The standard InChI is InChI=1S/C20H31N3O5S/c24-19(9-8-17-5-2-1-3-6-17)21-10-16-29(26,27)23-13-11-22(12-14-23)20(25)18-7-4-15-28-18/h4,7,15,17H,1-3,5-6,8-14,16H2,(H,21,24). The minimum atomic E-state index is -3.46. The van der Waals surface area contributed by atoms with Crippen molar-refractivity contribution in [3.8, 4) is 0 Å². The Labute approximate surface area is 172 Å². The van der Waals surface area contributed by atoms with Gasteiger partial charge < -0.3 is 14.6 Å². The fourth-order valence-electron chi connectivity index (χ4n) is 4.07. The van der Waals surface area contributed by atoms with Crippen LogP contribution in [0.25, 0.3) is 0 Å². The molecule has 162 valence electrons. The third-order valence-corrected chi connectivity index (χ3v) is 7.71. The highest BCUT2D eigenvalue weighted by molar-refractivity contribution is 7.89. The number of sulfonamides is 1. The molecule has 1 N–H and O–H groups in total. The van der Waals surface area contributed by atoms with Crippen molar-refractivity contribution in [3.05, 3.63) is 24.2 Å². The second kappa shape index (κ2) is 10.2. The molecule has 2 fully saturated rings. The molecule has 2 aliphatic rings. The molecule has 0 unspecified atom stereocenters. The smallest absolute Gasteiger partial charge is 0.289 e. The van der Waals surface area contributed by atoms with Crippen LogP contribution in [-0.2, 0) is 14.8 Å². The maximum atomic E-state index is 12.5. The van der Waals surface area contributed by atoms with Gasteiger partial charge in [-0.15, -0.1) is 0 Å². The van der Waals surface area contributed by atoms with Crippen LogP contribution in [0.2, 0.25) is 0 Å². The summed E-state index contributed by atoms with van der Waals surface area (Å²) in [6, 6.07) is 3.25. The van der Waals surface area contributed by atoms with Gasteiger partial charge in [0, 0.05) is 39.1 Å². The Hall–Kier alpha value is -1.87. The number of furan rings is 1. The van der Waals surface area contributed by atoms with Gasteiger partial charge in [0.1, 0.15) is 0 Å². The number of amides is 2. The van der Waals surface area contributed by atoms with Crippen LogP contribution in [-0.4, -0.2) is 67.9 Å².